The molecule has 3 N–H and O–H groups in total. The molecular weight excluding hydrogens is 218 g/mol. The van der Waals surface area contributed by atoms with E-state index in [1.807, 2.05) is 6.92 Å². The van der Waals surface area contributed by atoms with E-state index < -0.39 is 0 Å². The first-order valence-corrected chi connectivity index (χ1v) is 5.54. The van der Waals surface area contributed by atoms with Gasteiger partial charge in [0.2, 0.25) is 0 Å². The van der Waals surface area contributed by atoms with Gasteiger partial charge in [0.1, 0.15) is 5.75 Å². The molecule has 0 spiro atoms. The molecule has 0 bridgehead atoms. The smallest absolute Gasteiger partial charge is 0.258 e. The van der Waals surface area contributed by atoms with Crippen LogP contribution in [0.25, 0.3) is 11.5 Å². The monoisotopic (exact) mass is 233 g/mol. The number of anilines is 1. The molecule has 1 atom stereocenters. The molecule has 0 radical (unpaired) electrons. The maximum atomic E-state index is 9.33. The average Bonchev–Trinajstić information content (AvgIpc) is 2.81. The zero-order valence-corrected chi connectivity index (χ0v) is 9.84. The van der Waals surface area contributed by atoms with Crippen LogP contribution in [0.15, 0.2) is 22.7 Å². The van der Waals surface area contributed by atoms with Gasteiger partial charge in [-0.3, -0.25) is 0 Å². The van der Waals surface area contributed by atoms with Gasteiger partial charge in [0.05, 0.1) is 5.69 Å². The lowest BCUT2D eigenvalue weighted by molar-refractivity contribution is 0.416. The van der Waals surface area contributed by atoms with E-state index in [9.17, 15) is 5.11 Å². The van der Waals surface area contributed by atoms with Crippen LogP contribution in [0.3, 0.4) is 0 Å². The second-order valence-corrected chi connectivity index (χ2v) is 4.04. The molecule has 5 nitrogen and oxygen atoms in total. The predicted octanol–water partition coefficient (Wildman–Crippen LogP) is 2.54. The van der Waals surface area contributed by atoms with Crippen molar-refractivity contribution in [3.05, 3.63) is 24.0 Å². The summed E-state index contributed by atoms with van der Waals surface area (Å²) < 4.78 is 5.17. The minimum atomic E-state index is 0.0513. The van der Waals surface area contributed by atoms with Crippen molar-refractivity contribution in [2.24, 2.45) is 0 Å². The quantitative estimate of drug-likeness (QED) is 0.628. The molecule has 0 aliphatic heterocycles. The van der Waals surface area contributed by atoms with Crippen molar-refractivity contribution >= 4 is 5.69 Å². The molecule has 0 aliphatic carbocycles. The lowest BCUT2D eigenvalue weighted by atomic mass is 10.1. The molecule has 0 saturated heterocycles. The van der Waals surface area contributed by atoms with E-state index in [1.54, 1.807) is 12.1 Å². The van der Waals surface area contributed by atoms with Crippen molar-refractivity contribution in [2.75, 3.05) is 5.73 Å². The first kappa shape index (κ1) is 11.4. The molecule has 0 aliphatic rings. The minimum Gasteiger partial charge on any atom is -0.506 e. The number of benzene rings is 1. The Morgan fingerprint density at radius 1 is 1.47 bits per heavy atom. The second kappa shape index (κ2) is 4.45. The van der Waals surface area contributed by atoms with Gasteiger partial charge in [0, 0.05) is 11.5 Å². The third-order valence-corrected chi connectivity index (χ3v) is 2.77. The third kappa shape index (κ3) is 2.22. The highest BCUT2D eigenvalue weighted by molar-refractivity contribution is 5.64. The maximum Gasteiger partial charge on any atom is 0.258 e. The number of hydrogen-bond acceptors (Lipinski definition) is 5. The zero-order valence-electron chi connectivity index (χ0n) is 9.84. The van der Waals surface area contributed by atoms with Gasteiger partial charge >= 0.3 is 0 Å². The standard InChI is InChI=1S/C12H15N3O2/c1-3-7(2)11-14-12(17-15-11)8-4-5-10(16)9(13)6-8/h4-7,16H,3,13H2,1-2H3. The van der Waals surface area contributed by atoms with Crippen molar-refractivity contribution in [1.29, 1.82) is 0 Å². The molecule has 5 heteroatoms. The van der Waals surface area contributed by atoms with Gasteiger partial charge in [-0.2, -0.15) is 4.98 Å². The van der Waals surface area contributed by atoms with Crippen LogP contribution in [0.4, 0.5) is 5.69 Å². The molecule has 1 aromatic heterocycles. The van der Waals surface area contributed by atoms with E-state index in [-0.39, 0.29) is 11.7 Å². The topological polar surface area (TPSA) is 85.2 Å². The first-order chi connectivity index (χ1) is 8.11. The fourth-order valence-corrected chi connectivity index (χ4v) is 1.42. The number of aromatic nitrogens is 2. The third-order valence-electron chi connectivity index (χ3n) is 2.77. The van der Waals surface area contributed by atoms with Crippen LogP contribution in [0.5, 0.6) is 5.75 Å². The van der Waals surface area contributed by atoms with Crippen LogP contribution < -0.4 is 5.73 Å². The van der Waals surface area contributed by atoms with E-state index >= 15 is 0 Å². The van der Waals surface area contributed by atoms with Gasteiger partial charge in [-0.25, -0.2) is 0 Å². The molecule has 90 valence electrons. The SMILES string of the molecule is CCC(C)c1noc(-c2ccc(O)c(N)c2)n1. The Morgan fingerprint density at radius 3 is 2.88 bits per heavy atom. The highest BCUT2D eigenvalue weighted by atomic mass is 16.5. The van der Waals surface area contributed by atoms with Crippen LogP contribution in [0.2, 0.25) is 0 Å². The Hall–Kier alpha value is -2.04. The van der Waals surface area contributed by atoms with Crippen molar-refractivity contribution in [3.63, 3.8) is 0 Å². The van der Waals surface area contributed by atoms with E-state index in [2.05, 4.69) is 17.1 Å². The lowest BCUT2D eigenvalue weighted by Gasteiger charge is -2.00. The minimum absolute atomic E-state index is 0.0513. The van der Waals surface area contributed by atoms with Crippen LogP contribution in [-0.2, 0) is 0 Å². The van der Waals surface area contributed by atoms with Gasteiger partial charge in [-0.05, 0) is 24.6 Å². The normalized spacial score (nSPS) is 12.6. The summed E-state index contributed by atoms with van der Waals surface area (Å²) in [4.78, 5) is 4.31. The Balaban J connectivity index is 2.33. The number of rotatable bonds is 3. The number of hydrogen-bond donors (Lipinski definition) is 2. The van der Waals surface area contributed by atoms with Gasteiger partial charge in [-0.15, -0.1) is 0 Å². The first-order valence-electron chi connectivity index (χ1n) is 5.54. The van der Waals surface area contributed by atoms with Gasteiger partial charge in [-0.1, -0.05) is 19.0 Å². The number of nitrogens with two attached hydrogens (primary N) is 1. The maximum absolute atomic E-state index is 9.33. The molecule has 2 rings (SSSR count). The molecule has 17 heavy (non-hydrogen) atoms. The second-order valence-electron chi connectivity index (χ2n) is 4.04. The summed E-state index contributed by atoms with van der Waals surface area (Å²) >= 11 is 0. The van der Waals surface area contributed by atoms with E-state index in [4.69, 9.17) is 10.3 Å². The van der Waals surface area contributed by atoms with Crippen molar-refractivity contribution < 1.29 is 9.63 Å². The van der Waals surface area contributed by atoms with Crippen LogP contribution in [-0.4, -0.2) is 15.2 Å². The Bertz CT molecular complexity index is 522. The summed E-state index contributed by atoms with van der Waals surface area (Å²) in [5.74, 6) is 1.43. The van der Waals surface area contributed by atoms with E-state index in [1.165, 1.54) is 6.07 Å². The zero-order chi connectivity index (χ0) is 12.4. The Labute approximate surface area is 99.3 Å². The molecule has 2 aromatic rings. The largest absolute Gasteiger partial charge is 0.506 e. The Morgan fingerprint density at radius 2 is 2.24 bits per heavy atom. The van der Waals surface area contributed by atoms with Crippen LogP contribution >= 0.6 is 0 Å². The van der Waals surface area contributed by atoms with Crippen molar-refractivity contribution in [1.82, 2.24) is 10.1 Å². The van der Waals surface area contributed by atoms with Crippen molar-refractivity contribution in [2.45, 2.75) is 26.2 Å². The summed E-state index contributed by atoms with van der Waals surface area (Å²) in [5.41, 5.74) is 6.62. The molecule has 0 amide bonds. The van der Waals surface area contributed by atoms with E-state index in [0.29, 0.717) is 23.0 Å². The molecule has 0 fully saturated rings. The number of aromatic hydroxyl groups is 1. The predicted molar refractivity (Wildman–Crippen MR) is 64.5 cm³/mol. The summed E-state index contributed by atoms with van der Waals surface area (Å²) in [6.07, 6.45) is 0.955. The summed E-state index contributed by atoms with van der Waals surface area (Å²) in [6.45, 7) is 4.11. The Kier molecular flexibility index (Phi) is 2.99. The number of phenolic OH excluding ortho intramolecular Hbond substituents is 1. The number of phenols is 1. The van der Waals surface area contributed by atoms with Gasteiger partial charge in [0.25, 0.3) is 5.89 Å². The van der Waals surface area contributed by atoms with Gasteiger partial charge < -0.3 is 15.4 Å². The van der Waals surface area contributed by atoms with Gasteiger partial charge in [0.15, 0.2) is 5.82 Å². The molecule has 0 saturated carbocycles. The van der Waals surface area contributed by atoms with Crippen molar-refractivity contribution in [3.8, 4) is 17.2 Å². The summed E-state index contributed by atoms with van der Waals surface area (Å²) in [6, 6.07) is 4.82. The van der Waals surface area contributed by atoms with Crippen LogP contribution in [0, 0.1) is 0 Å². The highest BCUT2D eigenvalue weighted by Crippen LogP contribution is 2.27. The molecule has 1 unspecified atom stereocenters. The van der Waals surface area contributed by atoms with E-state index in [0.717, 1.165) is 6.42 Å². The number of nitrogen functional groups attached to an aromatic ring is 1. The van der Waals surface area contributed by atoms with Crippen LogP contribution in [0.1, 0.15) is 32.0 Å². The average molecular weight is 233 g/mol. The summed E-state index contributed by atoms with van der Waals surface area (Å²) in [5, 5.41) is 13.3. The lowest BCUT2D eigenvalue weighted by Crippen LogP contribution is -1.93. The fraction of sp³-hybridized carbons (Fsp3) is 0.333. The molecular formula is C12H15N3O2. The fourth-order valence-electron chi connectivity index (χ4n) is 1.42. The summed E-state index contributed by atoms with van der Waals surface area (Å²) in [7, 11) is 0. The number of nitrogens with zero attached hydrogens (tertiary/aromatic N) is 2. The molecule has 1 aromatic carbocycles. The highest BCUT2D eigenvalue weighted by Gasteiger charge is 2.13. The molecule has 1 heterocycles.